The molecule has 0 saturated heterocycles. The van der Waals surface area contributed by atoms with Crippen molar-refractivity contribution in [3.63, 3.8) is 0 Å². The first kappa shape index (κ1) is 19.1. The van der Waals surface area contributed by atoms with Crippen LogP contribution in [0.2, 0.25) is 0 Å². The molecule has 4 nitrogen and oxygen atoms in total. The molecule has 3 rings (SSSR count). The summed E-state index contributed by atoms with van der Waals surface area (Å²) in [5.41, 5.74) is 0.000951. The van der Waals surface area contributed by atoms with Crippen molar-refractivity contribution in [2.24, 2.45) is 5.92 Å². The van der Waals surface area contributed by atoms with Gasteiger partial charge in [-0.15, -0.1) is 0 Å². The number of alkyl halides is 4. The van der Waals surface area contributed by atoms with Gasteiger partial charge in [0.2, 0.25) is 5.92 Å². The first-order valence-corrected chi connectivity index (χ1v) is 9.99. The van der Waals surface area contributed by atoms with Crippen molar-refractivity contribution in [2.75, 3.05) is 6.26 Å². The molecule has 1 saturated carbocycles. The molecule has 0 N–H and O–H groups in total. The molecule has 0 spiro atoms. The van der Waals surface area contributed by atoms with E-state index in [4.69, 9.17) is 4.74 Å². The van der Waals surface area contributed by atoms with Crippen LogP contribution in [0.4, 0.5) is 17.6 Å². The lowest BCUT2D eigenvalue weighted by Gasteiger charge is -2.37. The van der Waals surface area contributed by atoms with Crippen LogP contribution in [0.25, 0.3) is 0 Å². The van der Waals surface area contributed by atoms with Gasteiger partial charge in [0.1, 0.15) is 12.3 Å². The van der Waals surface area contributed by atoms with Gasteiger partial charge in [0.25, 0.3) is 0 Å². The molecule has 0 radical (unpaired) electrons. The smallest absolute Gasteiger partial charge is 0.303 e. The number of carbonyl (C=O) groups excluding carboxylic acids is 1. The van der Waals surface area contributed by atoms with Gasteiger partial charge in [-0.3, -0.25) is 4.79 Å². The number of carbonyl (C=O) groups is 1. The number of rotatable bonds is 4. The van der Waals surface area contributed by atoms with Crippen LogP contribution in [0.3, 0.4) is 0 Å². The van der Waals surface area contributed by atoms with E-state index in [1.165, 1.54) is 6.07 Å². The summed E-state index contributed by atoms with van der Waals surface area (Å²) in [5.74, 6) is -4.62. The third-order valence-corrected chi connectivity index (χ3v) is 6.05. The summed E-state index contributed by atoms with van der Waals surface area (Å²) in [4.78, 5) is 11.0. The van der Waals surface area contributed by atoms with Gasteiger partial charge in [0.05, 0.1) is 4.90 Å². The second kappa shape index (κ2) is 6.21. The first-order chi connectivity index (χ1) is 11.9. The highest BCUT2D eigenvalue weighted by atomic mass is 32.2. The molecule has 0 aliphatic heterocycles. The Hall–Kier alpha value is -1.64. The molecule has 26 heavy (non-hydrogen) atoms. The first-order valence-electron chi connectivity index (χ1n) is 8.09. The van der Waals surface area contributed by atoms with E-state index in [1.54, 1.807) is 0 Å². The number of ether oxygens (including phenoxy) is 1. The Labute approximate surface area is 148 Å². The van der Waals surface area contributed by atoms with Crippen molar-refractivity contribution in [3.05, 3.63) is 28.8 Å². The summed E-state index contributed by atoms with van der Waals surface area (Å²) in [6.07, 6.45) is -5.59. The van der Waals surface area contributed by atoms with E-state index in [1.807, 2.05) is 0 Å². The molecule has 2 aliphatic rings. The summed E-state index contributed by atoms with van der Waals surface area (Å²) in [7, 11) is -3.79. The van der Waals surface area contributed by atoms with Gasteiger partial charge < -0.3 is 4.74 Å². The van der Waals surface area contributed by atoms with Crippen LogP contribution >= 0.6 is 0 Å². The van der Waals surface area contributed by atoms with Crippen molar-refractivity contribution in [1.82, 2.24) is 0 Å². The number of fused-ring (bicyclic) bond motifs is 1. The van der Waals surface area contributed by atoms with Crippen molar-refractivity contribution in [3.8, 4) is 0 Å². The van der Waals surface area contributed by atoms with Crippen LogP contribution in [0.1, 0.15) is 48.7 Å². The number of hydrogen-bond donors (Lipinski definition) is 0. The van der Waals surface area contributed by atoms with E-state index in [2.05, 4.69) is 0 Å². The largest absolute Gasteiger partial charge is 0.454 e. The predicted molar refractivity (Wildman–Crippen MR) is 84.2 cm³/mol. The summed E-state index contributed by atoms with van der Waals surface area (Å²) < 4.78 is 84.4. The monoisotopic (exact) mass is 394 g/mol. The van der Waals surface area contributed by atoms with Crippen LogP contribution in [0.15, 0.2) is 17.0 Å². The van der Waals surface area contributed by atoms with Gasteiger partial charge in [-0.2, -0.15) is 0 Å². The van der Waals surface area contributed by atoms with E-state index in [9.17, 15) is 30.8 Å². The van der Waals surface area contributed by atoms with Gasteiger partial charge in [0.15, 0.2) is 15.9 Å². The van der Waals surface area contributed by atoms with Crippen LogP contribution in [0, 0.1) is 5.92 Å². The lowest BCUT2D eigenvalue weighted by Crippen LogP contribution is -2.38. The SMILES string of the molecule is CC(=O)O[C@H]1c2c(S(C)(=O)=O)ccc([C@H](F)C3CC(F)(F)C3)c2C[C@H]1F. The number of esters is 1. The molecule has 1 fully saturated rings. The van der Waals surface area contributed by atoms with E-state index in [0.717, 1.165) is 19.2 Å². The zero-order valence-corrected chi connectivity index (χ0v) is 15.0. The lowest BCUT2D eigenvalue weighted by atomic mass is 9.75. The van der Waals surface area contributed by atoms with Gasteiger partial charge in [-0.25, -0.2) is 26.0 Å². The number of halogens is 4. The molecule has 144 valence electrons. The van der Waals surface area contributed by atoms with Crippen molar-refractivity contribution >= 4 is 15.8 Å². The molecule has 0 heterocycles. The minimum Gasteiger partial charge on any atom is -0.454 e. The number of benzene rings is 1. The van der Waals surface area contributed by atoms with Crippen LogP contribution in [-0.4, -0.2) is 32.7 Å². The normalized spacial score (nSPS) is 26.1. The Morgan fingerprint density at radius 1 is 1.31 bits per heavy atom. The fourth-order valence-electron chi connectivity index (χ4n) is 3.74. The highest BCUT2D eigenvalue weighted by Gasteiger charge is 2.50. The topological polar surface area (TPSA) is 60.4 Å². The Morgan fingerprint density at radius 3 is 2.42 bits per heavy atom. The quantitative estimate of drug-likeness (QED) is 0.578. The second-order valence-electron chi connectivity index (χ2n) is 6.99. The molecule has 1 aromatic carbocycles. The standard InChI is InChI=1S/C17H18F4O4S/c1-8(22)25-16-12(18)5-11-10(15(19)9-6-17(20,21)7-9)3-4-13(14(11)16)26(2,23)24/h3-4,9,12,15-16H,5-7H2,1-2H3/t12-,15-,16-/m1/s1. The Balaban J connectivity index is 2.08. The third kappa shape index (κ3) is 3.33. The van der Waals surface area contributed by atoms with Gasteiger partial charge in [-0.05, 0) is 17.2 Å². The van der Waals surface area contributed by atoms with Crippen LogP contribution in [0.5, 0.6) is 0 Å². The van der Waals surface area contributed by atoms with Crippen LogP contribution < -0.4 is 0 Å². The zero-order chi connectivity index (χ0) is 19.4. The summed E-state index contributed by atoms with van der Waals surface area (Å²) in [5, 5.41) is 0. The predicted octanol–water partition coefficient (Wildman–Crippen LogP) is 3.64. The Morgan fingerprint density at radius 2 is 1.92 bits per heavy atom. The van der Waals surface area contributed by atoms with Gasteiger partial charge in [0, 0.05) is 43.9 Å². The number of sulfone groups is 1. The molecule has 0 bridgehead atoms. The maximum absolute atomic E-state index is 14.8. The Bertz CT molecular complexity index is 845. The summed E-state index contributed by atoms with van der Waals surface area (Å²) in [6.45, 7) is 1.06. The highest BCUT2D eigenvalue weighted by molar-refractivity contribution is 7.90. The molecule has 2 aliphatic carbocycles. The minimum atomic E-state index is -3.79. The highest BCUT2D eigenvalue weighted by Crippen LogP contribution is 2.52. The molecule has 0 amide bonds. The van der Waals surface area contributed by atoms with Crippen molar-refractivity contribution in [1.29, 1.82) is 0 Å². The van der Waals surface area contributed by atoms with Crippen LogP contribution in [-0.2, 0) is 25.8 Å². The molecule has 3 atom stereocenters. The van der Waals surface area contributed by atoms with Crippen molar-refractivity contribution < 1.29 is 35.5 Å². The van der Waals surface area contributed by atoms with E-state index in [0.29, 0.717) is 0 Å². The summed E-state index contributed by atoms with van der Waals surface area (Å²) >= 11 is 0. The fraction of sp³-hybridized carbons (Fsp3) is 0.588. The average molecular weight is 394 g/mol. The van der Waals surface area contributed by atoms with E-state index >= 15 is 0 Å². The number of hydrogen-bond acceptors (Lipinski definition) is 4. The Kier molecular flexibility index (Phi) is 4.57. The van der Waals surface area contributed by atoms with E-state index in [-0.39, 0.29) is 28.0 Å². The van der Waals surface area contributed by atoms with Gasteiger partial charge in [-0.1, -0.05) is 6.07 Å². The van der Waals surface area contributed by atoms with E-state index < -0.39 is 58.9 Å². The molecular weight excluding hydrogens is 376 g/mol. The molecule has 1 aromatic rings. The zero-order valence-electron chi connectivity index (χ0n) is 14.1. The summed E-state index contributed by atoms with van der Waals surface area (Å²) in [6, 6.07) is 2.33. The minimum absolute atomic E-state index is 0.00907. The third-order valence-electron chi connectivity index (χ3n) is 4.89. The fourth-order valence-corrected chi connectivity index (χ4v) is 4.70. The molecule has 9 heteroatoms. The average Bonchev–Trinajstić information content (AvgIpc) is 2.78. The molecular formula is C17H18F4O4S. The molecule has 0 aromatic heterocycles. The maximum Gasteiger partial charge on any atom is 0.303 e. The van der Waals surface area contributed by atoms with Gasteiger partial charge >= 0.3 is 5.97 Å². The maximum atomic E-state index is 14.8. The lowest BCUT2D eigenvalue weighted by molar-refractivity contribution is -0.149. The molecule has 0 unspecified atom stereocenters. The second-order valence-corrected chi connectivity index (χ2v) is 8.98. The van der Waals surface area contributed by atoms with Crippen molar-refractivity contribution in [2.45, 2.75) is 55.5 Å².